The van der Waals surface area contributed by atoms with Crippen molar-refractivity contribution in [3.05, 3.63) is 71.8 Å². The Morgan fingerprint density at radius 1 is 1.03 bits per heavy atom. The summed E-state index contributed by atoms with van der Waals surface area (Å²) in [5.74, 6) is -0.766. The van der Waals surface area contributed by atoms with Crippen LogP contribution in [-0.2, 0) is 36.9 Å². The summed E-state index contributed by atoms with van der Waals surface area (Å²) in [6, 6.07) is 18.8. The van der Waals surface area contributed by atoms with Gasteiger partial charge in [-0.05, 0) is 25.0 Å². The van der Waals surface area contributed by atoms with Crippen LogP contribution in [0.4, 0.5) is 4.79 Å². The molecule has 0 unspecified atom stereocenters. The summed E-state index contributed by atoms with van der Waals surface area (Å²) in [5.41, 5.74) is 8.32. The number of nitrogens with one attached hydrogen (secondary N) is 1. The van der Waals surface area contributed by atoms with Gasteiger partial charge in [0.05, 0.1) is 12.6 Å². The van der Waals surface area contributed by atoms with E-state index in [0.717, 1.165) is 11.1 Å². The molecule has 5 atom stereocenters. The molecule has 2 aromatic rings. The quantitative estimate of drug-likeness (QED) is 0.648. The Morgan fingerprint density at radius 3 is 2.31 bits per heavy atom. The third-order valence-electron chi connectivity index (χ3n) is 5.43. The number of nitrogens with two attached hydrogens (primary N) is 1. The van der Waals surface area contributed by atoms with Crippen molar-refractivity contribution in [2.45, 2.75) is 63.5 Å². The SMILES string of the molecule is CC1(C)O[C@H]2O[C@H]([C@H](N)CNC(=O)OCc3ccccc3)[C@H](OCc3ccccc3)[C@H]2O1. The highest BCUT2D eigenvalue weighted by Crippen LogP contribution is 2.39. The van der Waals surface area contributed by atoms with Crippen molar-refractivity contribution in [3.63, 3.8) is 0 Å². The molecular formula is C24H30N2O6. The maximum Gasteiger partial charge on any atom is 0.407 e. The Balaban J connectivity index is 1.33. The smallest absolute Gasteiger partial charge is 0.407 e. The van der Waals surface area contributed by atoms with Crippen LogP contribution < -0.4 is 11.1 Å². The molecular weight excluding hydrogens is 412 g/mol. The first-order chi connectivity index (χ1) is 15.4. The number of fused-ring (bicyclic) bond motifs is 1. The fourth-order valence-electron chi connectivity index (χ4n) is 3.90. The molecule has 1 amide bonds. The fourth-order valence-corrected chi connectivity index (χ4v) is 3.90. The van der Waals surface area contributed by atoms with Crippen molar-refractivity contribution in [2.75, 3.05) is 6.54 Å². The lowest BCUT2D eigenvalue weighted by molar-refractivity contribution is -0.221. The number of amides is 1. The first-order valence-corrected chi connectivity index (χ1v) is 10.8. The minimum absolute atomic E-state index is 0.159. The van der Waals surface area contributed by atoms with Crippen molar-refractivity contribution in [1.82, 2.24) is 5.32 Å². The highest BCUT2D eigenvalue weighted by atomic mass is 16.8. The third kappa shape index (κ3) is 5.65. The molecule has 2 aliphatic heterocycles. The molecule has 32 heavy (non-hydrogen) atoms. The van der Waals surface area contributed by atoms with Crippen LogP contribution in [0.1, 0.15) is 25.0 Å². The van der Waals surface area contributed by atoms with Crippen LogP contribution in [0.15, 0.2) is 60.7 Å². The Labute approximate surface area is 187 Å². The molecule has 0 spiro atoms. The standard InChI is InChI=1S/C24H30N2O6/c1-24(2)31-21-20(28-14-16-9-5-3-6-10-16)19(30-22(21)32-24)18(25)13-26-23(27)29-15-17-11-7-4-8-12-17/h3-12,18-22H,13-15,25H2,1-2H3,(H,26,27)/t18-,19-,20+,21-,22-/m1/s1. The van der Waals surface area contributed by atoms with E-state index in [1.54, 1.807) is 0 Å². The molecule has 0 aliphatic carbocycles. The van der Waals surface area contributed by atoms with Crippen LogP contribution >= 0.6 is 0 Å². The zero-order chi connectivity index (χ0) is 22.6. The van der Waals surface area contributed by atoms with Gasteiger partial charge in [-0.1, -0.05) is 60.7 Å². The summed E-state index contributed by atoms with van der Waals surface area (Å²) in [6.45, 7) is 4.40. The normalized spacial score (nSPS) is 27.0. The Morgan fingerprint density at radius 2 is 1.66 bits per heavy atom. The summed E-state index contributed by atoms with van der Waals surface area (Å²) in [4.78, 5) is 12.1. The maximum atomic E-state index is 12.1. The van der Waals surface area contributed by atoms with Gasteiger partial charge >= 0.3 is 6.09 Å². The van der Waals surface area contributed by atoms with E-state index in [1.807, 2.05) is 74.5 Å². The molecule has 0 radical (unpaired) electrons. The van der Waals surface area contributed by atoms with Gasteiger partial charge in [-0.25, -0.2) is 4.79 Å². The molecule has 3 N–H and O–H groups in total. The summed E-state index contributed by atoms with van der Waals surface area (Å²) in [6.07, 6.45) is -2.49. The van der Waals surface area contributed by atoms with Gasteiger partial charge in [0.1, 0.15) is 24.9 Å². The van der Waals surface area contributed by atoms with Crippen molar-refractivity contribution in [1.29, 1.82) is 0 Å². The van der Waals surface area contributed by atoms with Gasteiger partial charge in [0.15, 0.2) is 12.1 Å². The average Bonchev–Trinajstić information content (AvgIpc) is 3.27. The van der Waals surface area contributed by atoms with E-state index in [0.29, 0.717) is 6.61 Å². The van der Waals surface area contributed by atoms with Gasteiger partial charge in [0, 0.05) is 6.54 Å². The summed E-state index contributed by atoms with van der Waals surface area (Å²) in [5, 5.41) is 2.70. The summed E-state index contributed by atoms with van der Waals surface area (Å²) >= 11 is 0. The lowest BCUT2D eigenvalue weighted by Crippen LogP contribution is -2.51. The molecule has 0 aromatic heterocycles. The fraction of sp³-hybridized carbons (Fsp3) is 0.458. The minimum atomic E-state index is -0.766. The monoisotopic (exact) mass is 442 g/mol. The average molecular weight is 443 g/mol. The molecule has 0 saturated carbocycles. The third-order valence-corrected chi connectivity index (χ3v) is 5.43. The molecule has 0 bridgehead atoms. The number of hydrogen-bond acceptors (Lipinski definition) is 7. The van der Waals surface area contributed by atoms with Gasteiger partial charge in [-0.15, -0.1) is 0 Å². The highest BCUT2D eigenvalue weighted by Gasteiger charge is 2.56. The first kappa shape index (κ1) is 22.7. The van der Waals surface area contributed by atoms with Crippen molar-refractivity contribution < 1.29 is 28.5 Å². The van der Waals surface area contributed by atoms with Crippen molar-refractivity contribution in [3.8, 4) is 0 Å². The van der Waals surface area contributed by atoms with Crippen molar-refractivity contribution >= 4 is 6.09 Å². The predicted octanol–water partition coefficient (Wildman–Crippen LogP) is 2.70. The van der Waals surface area contributed by atoms with Crippen LogP contribution in [-0.4, -0.2) is 49.1 Å². The number of ether oxygens (including phenoxy) is 5. The predicted molar refractivity (Wildman–Crippen MR) is 116 cm³/mol. The number of carbonyl (C=O) groups is 1. The Hall–Kier alpha value is -2.49. The van der Waals surface area contributed by atoms with E-state index in [9.17, 15) is 4.79 Å². The second-order valence-corrected chi connectivity index (χ2v) is 8.44. The van der Waals surface area contributed by atoms with Crippen LogP contribution in [0.25, 0.3) is 0 Å². The molecule has 8 nitrogen and oxygen atoms in total. The van der Waals surface area contributed by atoms with E-state index in [1.165, 1.54) is 0 Å². The van der Waals surface area contributed by atoms with Crippen LogP contribution in [0.5, 0.6) is 0 Å². The molecule has 2 heterocycles. The van der Waals surface area contributed by atoms with Gasteiger partial charge in [0.25, 0.3) is 0 Å². The van der Waals surface area contributed by atoms with Crippen LogP contribution in [0.3, 0.4) is 0 Å². The number of benzene rings is 2. The molecule has 4 rings (SSSR count). The molecule has 2 aliphatic rings. The zero-order valence-electron chi connectivity index (χ0n) is 18.3. The zero-order valence-corrected chi connectivity index (χ0v) is 18.3. The molecule has 2 fully saturated rings. The van der Waals surface area contributed by atoms with Crippen molar-refractivity contribution in [2.24, 2.45) is 5.73 Å². The largest absolute Gasteiger partial charge is 0.445 e. The van der Waals surface area contributed by atoms with Crippen LogP contribution in [0.2, 0.25) is 0 Å². The van der Waals surface area contributed by atoms with Gasteiger partial charge < -0.3 is 34.7 Å². The molecule has 8 heteroatoms. The molecule has 2 saturated heterocycles. The van der Waals surface area contributed by atoms with E-state index >= 15 is 0 Å². The first-order valence-electron chi connectivity index (χ1n) is 10.8. The number of carbonyl (C=O) groups excluding carboxylic acids is 1. The van der Waals surface area contributed by atoms with Crippen LogP contribution in [0, 0.1) is 0 Å². The van der Waals surface area contributed by atoms with Gasteiger partial charge in [0.2, 0.25) is 0 Å². The number of rotatable bonds is 8. The van der Waals surface area contributed by atoms with Gasteiger partial charge in [-0.2, -0.15) is 0 Å². The van der Waals surface area contributed by atoms with E-state index < -0.39 is 42.5 Å². The maximum absolute atomic E-state index is 12.1. The van der Waals surface area contributed by atoms with Gasteiger partial charge in [-0.3, -0.25) is 0 Å². The number of hydrogen-bond donors (Lipinski definition) is 2. The Kier molecular flexibility index (Phi) is 7.07. The topological polar surface area (TPSA) is 101 Å². The lowest BCUT2D eigenvalue weighted by Gasteiger charge is -2.29. The van der Waals surface area contributed by atoms with E-state index in [2.05, 4.69) is 5.32 Å². The second-order valence-electron chi connectivity index (χ2n) is 8.44. The molecule has 172 valence electrons. The second kappa shape index (κ2) is 9.97. The Bertz CT molecular complexity index is 879. The number of alkyl carbamates (subject to hydrolysis) is 1. The summed E-state index contributed by atoms with van der Waals surface area (Å²) in [7, 11) is 0. The molecule has 2 aromatic carbocycles. The van der Waals surface area contributed by atoms with E-state index in [4.69, 9.17) is 29.4 Å². The lowest BCUT2D eigenvalue weighted by atomic mass is 10.0. The highest BCUT2D eigenvalue weighted by molar-refractivity contribution is 5.67. The summed E-state index contributed by atoms with van der Waals surface area (Å²) < 4.78 is 29.4. The minimum Gasteiger partial charge on any atom is -0.445 e. The van der Waals surface area contributed by atoms with E-state index in [-0.39, 0.29) is 13.2 Å².